The number of halogens is 1. The Kier molecular flexibility index (Phi) is 4.42. The van der Waals surface area contributed by atoms with E-state index in [9.17, 15) is 9.59 Å². The molecule has 0 spiro atoms. The Morgan fingerprint density at radius 1 is 1.40 bits per heavy atom. The van der Waals surface area contributed by atoms with Crippen molar-refractivity contribution < 1.29 is 14.7 Å². The van der Waals surface area contributed by atoms with E-state index in [0.717, 1.165) is 11.1 Å². The number of rotatable bonds is 4. The number of carboxylic acid groups (broad SMARTS) is 1. The van der Waals surface area contributed by atoms with Crippen LogP contribution in [0.25, 0.3) is 0 Å². The Balaban J connectivity index is 2.05. The fourth-order valence-electron chi connectivity index (χ4n) is 1.66. The zero-order valence-corrected chi connectivity index (χ0v) is 12.2. The summed E-state index contributed by atoms with van der Waals surface area (Å²) < 4.78 is 0. The highest BCUT2D eigenvalue weighted by Crippen LogP contribution is 2.26. The molecule has 0 atom stereocenters. The first-order chi connectivity index (χ1) is 9.49. The lowest BCUT2D eigenvalue weighted by molar-refractivity contribution is 0.0696. The normalized spacial score (nSPS) is 10.3. The number of hydrogen-bond donors (Lipinski definition) is 2. The number of thiophene rings is 1. The molecule has 4 nitrogen and oxygen atoms in total. The summed E-state index contributed by atoms with van der Waals surface area (Å²) in [5, 5.41) is 13.9. The van der Waals surface area contributed by atoms with Gasteiger partial charge >= 0.3 is 5.97 Å². The first kappa shape index (κ1) is 14.6. The Morgan fingerprint density at radius 3 is 2.75 bits per heavy atom. The molecule has 1 amide bonds. The highest BCUT2D eigenvalue weighted by Gasteiger charge is 2.14. The lowest BCUT2D eigenvalue weighted by Gasteiger charge is -2.05. The van der Waals surface area contributed by atoms with Crippen LogP contribution in [-0.4, -0.2) is 17.0 Å². The molecule has 0 radical (unpaired) electrons. The molecule has 2 aromatic rings. The standard InChI is InChI=1S/C14H12ClNO3S/c1-8-7-20-12(11(8)15)13(17)16-6-9-3-2-4-10(5-9)14(18)19/h2-5,7H,6H2,1H3,(H,16,17)(H,18,19). The van der Waals surface area contributed by atoms with Gasteiger partial charge < -0.3 is 10.4 Å². The van der Waals surface area contributed by atoms with Crippen LogP contribution in [0, 0.1) is 6.92 Å². The van der Waals surface area contributed by atoms with Crippen LogP contribution >= 0.6 is 22.9 Å². The topological polar surface area (TPSA) is 66.4 Å². The predicted molar refractivity (Wildman–Crippen MR) is 78.6 cm³/mol. The van der Waals surface area contributed by atoms with Gasteiger partial charge in [-0.2, -0.15) is 0 Å². The largest absolute Gasteiger partial charge is 0.478 e. The van der Waals surface area contributed by atoms with Crippen molar-refractivity contribution in [1.82, 2.24) is 5.32 Å². The van der Waals surface area contributed by atoms with Crippen LogP contribution in [0.4, 0.5) is 0 Å². The Bertz CT molecular complexity index is 666. The second-order valence-electron chi connectivity index (χ2n) is 4.25. The third kappa shape index (κ3) is 3.18. The van der Waals surface area contributed by atoms with Crippen LogP contribution in [0.2, 0.25) is 5.02 Å². The smallest absolute Gasteiger partial charge is 0.335 e. The average molecular weight is 310 g/mol. The number of carbonyl (C=O) groups excluding carboxylic acids is 1. The summed E-state index contributed by atoms with van der Waals surface area (Å²) in [6.07, 6.45) is 0. The monoisotopic (exact) mass is 309 g/mol. The summed E-state index contributed by atoms with van der Waals surface area (Å²) in [6.45, 7) is 2.10. The molecule has 0 aliphatic rings. The molecular weight excluding hydrogens is 298 g/mol. The van der Waals surface area contributed by atoms with Gasteiger partial charge in [-0.3, -0.25) is 4.79 Å². The third-order valence-electron chi connectivity index (χ3n) is 2.73. The second-order valence-corrected chi connectivity index (χ2v) is 5.51. The molecule has 1 heterocycles. The van der Waals surface area contributed by atoms with Gasteiger partial charge in [0.25, 0.3) is 5.91 Å². The lowest BCUT2D eigenvalue weighted by atomic mass is 10.1. The minimum atomic E-state index is -0.991. The van der Waals surface area contributed by atoms with Crippen molar-refractivity contribution in [3.05, 3.63) is 56.2 Å². The second kappa shape index (κ2) is 6.07. The molecular formula is C14H12ClNO3S. The molecule has 0 aliphatic carbocycles. The minimum absolute atomic E-state index is 0.196. The maximum Gasteiger partial charge on any atom is 0.335 e. The maximum atomic E-state index is 12.0. The fraction of sp³-hybridized carbons (Fsp3) is 0.143. The number of hydrogen-bond acceptors (Lipinski definition) is 3. The van der Waals surface area contributed by atoms with Gasteiger partial charge in [0.15, 0.2) is 0 Å². The van der Waals surface area contributed by atoms with Gasteiger partial charge in [-0.05, 0) is 35.6 Å². The van der Waals surface area contributed by atoms with Crippen molar-refractivity contribution in [2.24, 2.45) is 0 Å². The number of carbonyl (C=O) groups is 2. The first-order valence-corrected chi connectivity index (χ1v) is 7.09. The summed E-state index contributed by atoms with van der Waals surface area (Å²) in [5.74, 6) is -1.25. The van der Waals surface area contributed by atoms with Crippen molar-refractivity contribution >= 4 is 34.8 Å². The number of benzene rings is 1. The molecule has 0 bridgehead atoms. The van der Waals surface area contributed by atoms with E-state index in [1.165, 1.54) is 23.5 Å². The van der Waals surface area contributed by atoms with E-state index in [2.05, 4.69) is 5.32 Å². The highest BCUT2D eigenvalue weighted by atomic mass is 35.5. The van der Waals surface area contributed by atoms with Crippen molar-refractivity contribution in [2.45, 2.75) is 13.5 Å². The minimum Gasteiger partial charge on any atom is -0.478 e. The van der Waals surface area contributed by atoms with Gasteiger partial charge in [0.1, 0.15) is 4.88 Å². The van der Waals surface area contributed by atoms with Gasteiger partial charge in [0, 0.05) is 6.54 Å². The van der Waals surface area contributed by atoms with Crippen LogP contribution in [0.3, 0.4) is 0 Å². The van der Waals surface area contributed by atoms with E-state index < -0.39 is 5.97 Å². The highest BCUT2D eigenvalue weighted by molar-refractivity contribution is 7.13. The van der Waals surface area contributed by atoms with Crippen LogP contribution in [0.1, 0.15) is 31.2 Å². The third-order valence-corrected chi connectivity index (χ3v) is 4.43. The zero-order valence-electron chi connectivity index (χ0n) is 10.6. The summed E-state index contributed by atoms with van der Waals surface area (Å²) in [7, 11) is 0. The molecule has 6 heteroatoms. The van der Waals surface area contributed by atoms with Crippen molar-refractivity contribution in [3.8, 4) is 0 Å². The van der Waals surface area contributed by atoms with Crippen molar-refractivity contribution in [1.29, 1.82) is 0 Å². The molecule has 2 N–H and O–H groups in total. The van der Waals surface area contributed by atoms with Gasteiger partial charge in [0.2, 0.25) is 0 Å². The quantitative estimate of drug-likeness (QED) is 0.910. The van der Waals surface area contributed by atoms with Gasteiger partial charge in [0.05, 0.1) is 10.6 Å². The van der Waals surface area contributed by atoms with Crippen molar-refractivity contribution in [2.75, 3.05) is 0 Å². The fourth-order valence-corrected chi connectivity index (χ4v) is 2.85. The van der Waals surface area contributed by atoms with Gasteiger partial charge in [-0.15, -0.1) is 11.3 Å². The molecule has 0 unspecified atom stereocenters. The Hall–Kier alpha value is -1.85. The van der Waals surface area contributed by atoms with E-state index >= 15 is 0 Å². The average Bonchev–Trinajstić information content (AvgIpc) is 2.77. The van der Waals surface area contributed by atoms with E-state index in [0.29, 0.717) is 9.90 Å². The molecule has 0 aliphatic heterocycles. The number of aromatic carboxylic acids is 1. The Labute approximate surface area is 125 Å². The van der Waals surface area contributed by atoms with E-state index in [1.807, 2.05) is 12.3 Å². The number of aryl methyl sites for hydroxylation is 1. The number of nitrogens with one attached hydrogen (secondary N) is 1. The zero-order chi connectivity index (χ0) is 14.7. The molecule has 20 heavy (non-hydrogen) atoms. The summed E-state index contributed by atoms with van der Waals surface area (Å²) >= 11 is 7.31. The van der Waals surface area contributed by atoms with Crippen LogP contribution < -0.4 is 5.32 Å². The summed E-state index contributed by atoms with van der Waals surface area (Å²) in [5.41, 5.74) is 1.79. The first-order valence-electron chi connectivity index (χ1n) is 5.83. The van der Waals surface area contributed by atoms with Crippen LogP contribution in [-0.2, 0) is 6.54 Å². The van der Waals surface area contributed by atoms with Crippen LogP contribution in [0.5, 0.6) is 0 Å². The molecule has 1 aromatic carbocycles. The van der Waals surface area contributed by atoms with E-state index in [1.54, 1.807) is 12.1 Å². The summed E-state index contributed by atoms with van der Waals surface area (Å²) in [4.78, 5) is 23.3. The molecule has 0 saturated carbocycles. The van der Waals surface area contributed by atoms with E-state index in [-0.39, 0.29) is 18.0 Å². The van der Waals surface area contributed by atoms with Crippen molar-refractivity contribution in [3.63, 3.8) is 0 Å². The lowest BCUT2D eigenvalue weighted by Crippen LogP contribution is -2.22. The number of carboxylic acids is 1. The predicted octanol–water partition coefficient (Wildman–Crippen LogP) is 3.34. The SMILES string of the molecule is Cc1csc(C(=O)NCc2cccc(C(=O)O)c2)c1Cl. The molecule has 1 aromatic heterocycles. The number of amides is 1. The Morgan fingerprint density at radius 2 is 2.15 bits per heavy atom. The molecule has 104 valence electrons. The maximum absolute atomic E-state index is 12.0. The molecule has 0 saturated heterocycles. The van der Waals surface area contributed by atoms with Gasteiger partial charge in [-0.1, -0.05) is 23.7 Å². The van der Waals surface area contributed by atoms with Gasteiger partial charge in [-0.25, -0.2) is 4.79 Å². The molecule has 0 fully saturated rings. The van der Waals surface area contributed by atoms with E-state index in [4.69, 9.17) is 16.7 Å². The molecule has 2 rings (SSSR count). The van der Waals surface area contributed by atoms with Crippen LogP contribution in [0.15, 0.2) is 29.6 Å². The summed E-state index contributed by atoms with van der Waals surface area (Å²) in [6, 6.07) is 6.44.